The molecule has 6 nitrogen and oxygen atoms in total. The number of hydrogen-bond acceptors (Lipinski definition) is 4. The van der Waals surface area contributed by atoms with Gasteiger partial charge in [-0.25, -0.2) is 4.79 Å². The fraction of sp³-hybridized carbons (Fsp3) is 0.182. The van der Waals surface area contributed by atoms with E-state index in [1.54, 1.807) is 0 Å². The second kappa shape index (κ2) is 3.58. The van der Waals surface area contributed by atoms with Crippen LogP contribution in [0.1, 0.15) is 11.7 Å². The van der Waals surface area contributed by atoms with E-state index in [4.69, 9.17) is 4.84 Å². The van der Waals surface area contributed by atoms with Crippen LogP contribution in [0, 0.1) is 5.92 Å². The van der Waals surface area contributed by atoms with Crippen molar-refractivity contribution >= 4 is 17.8 Å². The number of rotatable bonds is 1. The largest absolute Gasteiger partial charge is 0.385 e. The van der Waals surface area contributed by atoms with Crippen LogP contribution in [0.25, 0.3) is 0 Å². The van der Waals surface area contributed by atoms with Crippen molar-refractivity contribution in [1.82, 2.24) is 10.6 Å². The van der Waals surface area contributed by atoms with Gasteiger partial charge in [0.15, 0.2) is 11.9 Å². The first-order valence-corrected chi connectivity index (χ1v) is 5.16. The number of fused-ring (bicyclic) bond motifs is 1. The topological polar surface area (TPSA) is 79.8 Å². The summed E-state index contributed by atoms with van der Waals surface area (Å²) in [6, 6.07) is 8.73. The summed E-state index contributed by atoms with van der Waals surface area (Å²) in [5.74, 6) is -0.707. The third-order valence-corrected chi connectivity index (χ3v) is 2.75. The molecule has 17 heavy (non-hydrogen) atoms. The monoisotopic (exact) mass is 231 g/mol. The van der Waals surface area contributed by atoms with E-state index in [0.717, 1.165) is 5.56 Å². The summed E-state index contributed by atoms with van der Waals surface area (Å²) in [7, 11) is 0. The molecule has 86 valence electrons. The lowest BCUT2D eigenvalue weighted by Gasteiger charge is -2.22. The SMILES string of the molecule is O=C1NC(=O)C2C(=NOC2c2ccccc2)N1. The van der Waals surface area contributed by atoms with Gasteiger partial charge in [-0.3, -0.25) is 15.4 Å². The summed E-state index contributed by atoms with van der Waals surface area (Å²) in [4.78, 5) is 28.0. The first-order chi connectivity index (χ1) is 8.25. The molecule has 0 spiro atoms. The molecule has 3 rings (SSSR count). The van der Waals surface area contributed by atoms with Gasteiger partial charge in [-0.2, -0.15) is 0 Å². The van der Waals surface area contributed by atoms with Crippen LogP contribution in [-0.4, -0.2) is 17.8 Å². The number of hydrogen-bond donors (Lipinski definition) is 2. The number of nitrogens with one attached hydrogen (secondary N) is 2. The molecule has 0 bridgehead atoms. The number of imide groups is 1. The van der Waals surface area contributed by atoms with E-state index in [1.165, 1.54) is 0 Å². The van der Waals surface area contributed by atoms with Gasteiger partial charge in [0.2, 0.25) is 5.91 Å². The summed E-state index contributed by atoms with van der Waals surface area (Å²) >= 11 is 0. The zero-order valence-corrected chi connectivity index (χ0v) is 8.71. The van der Waals surface area contributed by atoms with Crippen molar-refractivity contribution in [3.63, 3.8) is 0 Å². The van der Waals surface area contributed by atoms with Crippen molar-refractivity contribution < 1.29 is 14.4 Å². The van der Waals surface area contributed by atoms with Crippen molar-refractivity contribution in [2.45, 2.75) is 6.10 Å². The molecule has 2 unspecified atom stereocenters. The third kappa shape index (κ3) is 1.54. The molecule has 2 aliphatic rings. The highest BCUT2D eigenvalue weighted by molar-refractivity contribution is 6.18. The van der Waals surface area contributed by atoms with Crippen molar-refractivity contribution in [3.8, 4) is 0 Å². The molecule has 3 amide bonds. The molecule has 0 aliphatic carbocycles. The van der Waals surface area contributed by atoms with Gasteiger partial charge in [0.25, 0.3) is 0 Å². The summed E-state index contributed by atoms with van der Waals surface area (Å²) in [6.45, 7) is 0. The summed E-state index contributed by atoms with van der Waals surface area (Å²) in [5.41, 5.74) is 0.850. The highest BCUT2D eigenvalue weighted by Crippen LogP contribution is 2.33. The molecule has 1 aromatic rings. The van der Waals surface area contributed by atoms with Crippen LogP contribution < -0.4 is 10.6 Å². The van der Waals surface area contributed by atoms with E-state index in [-0.39, 0.29) is 11.7 Å². The molecule has 0 aromatic heterocycles. The van der Waals surface area contributed by atoms with E-state index in [9.17, 15) is 9.59 Å². The maximum atomic E-state index is 11.7. The van der Waals surface area contributed by atoms with Gasteiger partial charge in [0.1, 0.15) is 5.92 Å². The quantitative estimate of drug-likeness (QED) is 0.739. The lowest BCUT2D eigenvalue weighted by Crippen LogP contribution is -2.55. The van der Waals surface area contributed by atoms with Crippen molar-refractivity contribution in [2.24, 2.45) is 11.1 Å². The van der Waals surface area contributed by atoms with Crippen molar-refractivity contribution in [1.29, 1.82) is 0 Å². The molecule has 0 radical (unpaired) electrons. The first-order valence-electron chi connectivity index (χ1n) is 5.16. The van der Waals surface area contributed by atoms with Gasteiger partial charge >= 0.3 is 6.03 Å². The molecule has 2 aliphatic heterocycles. The second-order valence-electron chi connectivity index (χ2n) is 3.83. The Balaban J connectivity index is 1.92. The second-order valence-corrected chi connectivity index (χ2v) is 3.83. The minimum Gasteiger partial charge on any atom is -0.385 e. The molecular weight excluding hydrogens is 222 g/mol. The highest BCUT2D eigenvalue weighted by Gasteiger charge is 2.45. The normalized spacial score (nSPS) is 26.5. The van der Waals surface area contributed by atoms with Crippen LogP contribution in [-0.2, 0) is 9.63 Å². The standard InChI is InChI=1S/C11H9N3O3/c15-10-7-8(6-4-2-1-3-5-6)17-14-9(7)12-11(16)13-10/h1-5,7-8H,(H2,12,13,14,15,16). The van der Waals surface area contributed by atoms with Crippen LogP contribution in [0.2, 0.25) is 0 Å². The van der Waals surface area contributed by atoms with Gasteiger partial charge in [0, 0.05) is 0 Å². The van der Waals surface area contributed by atoms with Gasteiger partial charge in [0.05, 0.1) is 0 Å². The van der Waals surface area contributed by atoms with E-state index in [0.29, 0.717) is 0 Å². The summed E-state index contributed by atoms with van der Waals surface area (Å²) in [6.07, 6.45) is -0.480. The van der Waals surface area contributed by atoms with E-state index < -0.39 is 18.1 Å². The van der Waals surface area contributed by atoms with Crippen molar-refractivity contribution in [3.05, 3.63) is 35.9 Å². The lowest BCUT2D eigenvalue weighted by molar-refractivity contribution is -0.125. The lowest BCUT2D eigenvalue weighted by atomic mass is 9.93. The number of urea groups is 1. The van der Waals surface area contributed by atoms with Crippen LogP contribution >= 0.6 is 0 Å². The van der Waals surface area contributed by atoms with Crippen LogP contribution in [0.3, 0.4) is 0 Å². The Kier molecular flexibility index (Phi) is 2.07. The smallest absolute Gasteiger partial charge is 0.326 e. The number of amidine groups is 1. The van der Waals surface area contributed by atoms with E-state index >= 15 is 0 Å². The number of oxime groups is 1. The molecule has 1 aromatic carbocycles. The Morgan fingerprint density at radius 3 is 2.65 bits per heavy atom. The zero-order valence-electron chi connectivity index (χ0n) is 8.71. The Morgan fingerprint density at radius 1 is 1.12 bits per heavy atom. The van der Waals surface area contributed by atoms with Gasteiger partial charge in [-0.15, -0.1) is 0 Å². The van der Waals surface area contributed by atoms with E-state index in [2.05, 4.69) is 15.8 Å². The predicted octanol–water partition coefficient (Wildman–Crippen LogP) is 0.527. The van der Waals surface area contributed by atoms with Crippen LogP contribution in [0.15, 0.2) is 35.5 Å². The Morgan fingerprint density at radius 2 is 1.88 bits per heavy atom. The first kappa shape index (κ1) is 9.83. The molecule has 2 atom stereocenters. The van der Waals surface area contributed by atoms with Gasteiger partial charge in [-0.1, -0.05) is 35.5 Å². The zero-order chi connectivity index (χ0) is 11.8. The Bertz CT molecular complexity index is 512. The molecule has 1 saturated heterocycles. The summed E-state index contributed by atoms with van der Waals surface area (Å²) in [5, 5.41) is 8.40. The maximum Gasteiger partial charge on any atom is 0.326 e. The molecular formula is C11H9N3O3. The number of nitrogens with zero attached hydrogens (tertiary/aromatic N) is 1. The molecule has 1 fully saturated rings. The fourth-order valence-corrected chi connectivity index (χ4v) is 1.97. The number of carbonyl (C=O) groups is 2. The minimum atomic E-state index is -0.588. The molecule has 2 heterocycles. The fourth-order valence-electron chi connectivity index (χ4n) is 1.97. The average molecular weight is 231 g/mol. The Hall–Kier alpha value is -2.37. The molecule has 2 N–H and O–H groups in total. The minimum absolute atomic E-state index is 0.271. The van der Waals surface area contributed by atoms with Crippen molar-refractivity contribution in [2.75, 3.05) is 0 Å². The molecule has 6 heteroatoms. The third-order valence-electron chi connectivity index (χ3n) is 2.75. The maximum absolute atomic E-state index is 11.7. The van der Waals surface area contributed by atoms with Crippen LogP contribution in [0.5, 0.6) is 0 Å². The van der Waals surface area contributed by atoms with E-state index in [1.807, 2.05) is 30.3 Å². The van der Waals surface area contributed by atoms with Gasteiger partial charge < -0.3 is 4.84 Å². The number of carbonyl (C=O) groups excluding carboxylic acids is 2. The summed E-state index contributed by atoms with van der Waals surface area (Å²) < 4.78 is 0. The Labute approximate surface area is 96.6 Å². The molecule has 0 saturated carbocycles. The highest BCUT2D eigenvalue weighted by atomic mass is 16.6. The average Bonchev–Trinajstić information content (AvgIpc) is 2.74. The van der Waals surface area contributed by atoms with Crippen LogP contribution in [0.4, 0.5) is 4.79 Å². The predicted molar refractivity (Wildman–Crippen MR) is 57.9 cm³/mol. The number of benzene rings is 1. The van der Waals surface area contributed by atoms with Gasteiger partial charge in [-0.05, 0) is 5.56 Å². The number of amides is 3.